The third-order valence-electron chi connectivity index (χ3n) is 4.76. The van der Waals surface area contributed by atoms with E-state index in [0.717, 1.165) is 18.5 Å². The summed E-state index contributed by atoms with van der Waals surface area (Å²) in [7, 11) is 1.89. The van der Waals surface area contributed by atoms with E-state index in [1.807, 2.05) is 46.8 Å². The van der Waals surface area contributed by atoms with E-state index in [1.165, 1.54) is 22.9 Å². The average molecular weight is 399 g/mol. The molecule has 27 heavy (non-hydrogen) atoms. The Balaban J connectivity index is 1.43. The van der Waals surface area contributed by atoms with Crippen LogP contribution in [0.1, 0.15) is 11.1 Å². The molecule has 0 fully saturated rings. The lowest BCUT2D eigenvalue weighted by Gasteiger charge is -2.28. The molecular formula is C20H19ClN4OS. The molecule has 0 saturated carbocycles. The van der Waals surface area contributed by atoms with Crippen molar-refractivity contribution in [3.05, 3.63) is 64.7 Å². The highest BCUT2D eigenvalue weighted by atomic mass is 35.5. The minimum Gasteiger partial charge on any atom is -0.337 e. The van der Waals surface area contributed by atoms with E-state index >= 15 is 0 Å². The summed E-state index contributed by atoms with van der Waals surface area (Å²) in [4.78, 5) is 14.6. The first-order valence-electron chi connectivity index (χ1n) is 8.75. The molecule has 138 valence electrons. The van der Waals surface area contributed by atoms with Crippen LogP contribution in [0.25, 0.3) is 11.4 Å². The molecule has 2 aromatic carbocycles. The molecule has 1 aromatic heterocycles. The SMILES string of the molecule is Cn1c(SCC(=O)N2CCc3ccccc3C2)nnc1-c1ccccc1Cl. The maximum absolute atomic E-state index is 12.6. The number of thioether (sulfide) groups is 1. The van der Waals surface area contributed by atoms with Gasteiger partial charge in [0, 0.05) is 25.7 Å². The standard InChI is InChI=1S/C20H19ClN4OS/c1-24-19(16-8-4-5-9-17(16)21)22-23-20(24)27-13-18(26)25-11-10-14-6-2-3-7-15(14)12-25/h2-9H,10-13H2,1H3. The summed E-state index contributed by atoms with van der Waals surface area (Å²) in [5.41, 5.74) is 3.41. The summed E-state index contributed by atoms with van der Waals surface area (Å²) in [5, 5.41) is 9.82. The maximum Gasteiger partial charge on any atom is 0.233 e. The monoisotopic (exact) mass is 398 g/mol. The second-order valence-electron chi connectivity index (χ2n) is 6.47. The summed E-state index contributed by atoms with van der Waals surface area (Å²) in [6.45, 7) is 1.44. The van der Waals surface area contributed by atoms with E-state index in [0.29, 0.717) is 28.3 Å². The van der Waals surface area contributed by atoms with Crippen molar-refractivity contribution in [3.63, 3.8) is 0 Å². The molecule has 7 heteroatoms. The molecule has 0 saturated heterocycles. The average Bonchev–Trinajstić information content (AvgIpc) is 3.06. The number of halogens is 1. The van der Waals surface area contributed by atoms with Crippen molar-refractivity contribution in [1.29, 1.82) is 0 Å². The highest BCUT2D eigenvalue weighted by Gasteiger charge is 2.21. The van der Waals surface area contributed by atoms with E-state index in [4.69, 9.17) is 11.6 Å². The first-order valence-corrected chi connectivity index (χ1v) is 10.1. The molecule has 2 heterocycles. The number of benzene rings is 2. The van der Waals surface area contributed by atoms with Crippen LogP contribution in [0.4, 0.5) is 0 Å². The number of carbonyl (C=O) groups is 1. The summed E-state index contributed by atoms with van der Waals surface area (Å²) in [6, 6.07) is 15.9. The summed E-state index contributed by atoms with van der Waals surface area (Å²) in [5.74, 6) is 1.16. The third kappa shape index (κ3) is 3.73. The van der Waals surface area contributed by atoms with Crippen molar-refractivity contribution in [2.45, 2.75) is 18.1 Å². The zero-order chi connectivity index (χ0) is 18.8. The van der Waals surface area contributed by atoms with Crippen LogP contribution in [-0.2, 0) is 24.8 Å². The van der Waals surface area contributed by atoms with Crippen molar-refractivity contribution >= 4 is 29.3 Å². The Morgan fingerprint density at radius 1 is 1.11 bits per heavy atom. The minimum atomic E-state index is 0.122. The van der Waals surface area contributed by atoms with Crippen LogP contribution in [0.2, 0.25) is 5.02 Å². The Morgan fingerprint density at radius 3 is 2.67 bits per heavy atom. The molecule has 0 radical (unpaired) electrons. The highest BCUT2D eigenvalue weighted by Crippen LogP contribution is 2.28. The predicted octanol–water partition coefficient (Wildman–Crippen LogP) is 3.81. The number of fused-ring (bicyclic) bond motifs is 1. The van der Waals surface area contributed by atoms with Gasteiger partial charge in [0.2, 0.25) is 5.91 Å². The van der Waals surface area contributed by atoms with Crippen LogP contribution in [-0.4, -0.2) is 37.9 Å². The van der Waals surface area contributed by atoms with E-state index in [-0.39, 0.29) is 5.91 Å². The Bertz CT molecular complexity index is 988. The van der Waals surface area contributed by atoms with Gasteiger partial charge in [-0.1, -0.05) is 59.8 Å². The Hall–Kier alpha value is -2.31. The second kappa shape index (κ2) is 7.74. The second-order valence-corrected chi connectivity index (χ2v) is 7.82. The van der Waals surface area contributed by atoms with Crippen LogP contribution in [0, 0.1) is 0 Å². The zero-order valence-corrected chi connectivity index (χ0v) is 16.5. The van der Waals surface area contributed by atoms with Gasteiger partial charge >= 0.3 is 0 Å². The van der Waals surface area contributed by atoms with Crippen LogP contribution >= 0.6 is 23.4 Å². The van der Waals surface area contributed by atoms with E-state index in [9.17, 15) is 4.79 Å². The van der Waals surface area contributed by atoms with Crippen molar-refractivity contribution in [1.82, 2.24) is 19.7 Å². The van der Waals surface area contributed by atoms with Gasteiger partial charge in [0.25, 0.3) is 0 Å². The molecule has 3 aromatic rings. The largest absolute Gasteiger partial charge is 0.337 e. The summed E-state index contributed by atoms with van der Waals surface area (Å²) >= 11 is 7.67. The molecule has 1 aliphatic rings. The van der Waals surface area contributed by atoms with E-state index < -0.39 is 0 Å². The molecule has 0 aliphatic carbocycles. The first-order chi connectivity index (χ1) is 13.1. The molecule has 4 rings (SSSR count). The van der Waals surface area contributed by atoms with Crippen LogP contribution < -0.4 is 0 Å². The van der Waals surface area contributed by atoms with Crippen molar-refractivity contribution in [3.8, 4) is 11.4 Å². The third-order valence-corrected chi connectivity index (χ3v) is 6.09. The van der Waals surface area contributed by atoms with Gasteiger partial charge in [0.15, 0.2) is 11.0 Å². The quantitative estimate of drug-likeness (QED) is 0.627. The predicted molar refractivity (Wildman–Crippen MR) is 108 cm³/mol. The number of hydrogen-bond acceptors (Lipinski definition) is 4. The van der Waals surface area contributed by atoms with Gasteiger partial charge in [0.1, 0.15) is 0 Å². The molecule has 0 spiro atoms. The number of rotatable bonds is 4. The molecule has 1 aliphatic heterocycles. The summed E-state index contributed by atoms with van der Waals surface area (Å²) < 4.78 is 1.88. The number of nitrogens with zero attached hydrogens (tertiary/aromatic N) is 4. The van der Waals surface area contributed by atoms with E-state index in [2.05, 4.69) is 28.4 Å². The fourth-order valence-electron chi connectivity index (χ4n) is 3.24. The van der Waals surface area contributed by atoms with Gasteiger partial charge in [-0.05, 0) is 29.7 Å². The Labute approximate surface area is 167 Å². The van der Waals surface area contributed by atoms with Crippen molar-refractivity contribution < 1.29 is 4.79 Å². The normalized spacial score (nSPS) is 13.5. The number of hydrogen-bond donors (Lipinski definition) is 0. The van der Waals surface area contributed by atoms with Crippen LogP contribution in [0.5, 0.6) is 0 Å². The number of aromatic nitrogens is 3. The zero-order valence-electron chi connectivity index (χ0n) is 14.9. The number of amides is 1. The molecule has 0 bridgehead atoms. The van der Waals surface area contributed by atoms with E-state index in [1.54, 1.807) is 0 Å². The summed E-state index contributed by atoms with van der Waals surface area (Å²) in [6.07, 6.45) is 0.910. The Morgan fingerprint density at radius 2 is 1.85 bits per heavy atom. The smallest absolute Gasteiger partial charge is 0.233 e. The topological polar surface area (TPSA) is 51.0 Å². The van der Waals surface area contributed by atoms with Crippen LogP contribution in [0.15, 0.2) is 53.7 Å². The van der Waals surface area contributed by atoms with Gasteiger partial charge < -0.3 is 9.47 Å². The fraction of sp³-hybridized carbons (Fsp3) is 0.250. The lowest BCUT2D eigenvalue weighted by molar-refractivity contribution is -0.129. The minimum absolute atomic E-state index is 0.122. The lowest BCUT2D eigenvalue weighted by Crippen LogP contribution is -2.37. The van der Waals surface area contributed by atoms with Crippen molar-refractivity contribution in [2.24, 2.45) is 7.05 Å². The molecular weight excluding hydrogens is 380 g/mol. The molecule has 0 N–H and O–H groups in total. The Kier molecular flexibility index (Phi) is 5.18. The maximum atomic E-state index is 12.6. The van der Waals surface area contributed by atoms with Gasteiger partial charge in [-0.3, -0.25) is 4.79 Å². The first kappa shape index (κ1) is 18.1. The van der Waals surface area contributed by atoms with Crippen LogP contribution in [0.3, 0.4) is 0 Å². The molecule has 5 nitrogen and oxygen atoms in total. The lowest BCUT2D eigenvalue weighted by atomic mass is 10.00. The van der Waals surface area contributed by atoms with Gasteiger partial charge in [-0.25, -0.2) is 0 Å². The molecule has 0 atom stereocenters. The van der Waals surface area contributed by atoms with Crippen molar-refractivity contribution in [2.75, 3.05) is 12.3 Å². The van der Waals surface area contributed by atoms with Gasteiger partial charge in [0.05, 0.1) is 10.8 Å². The fourth-order valence-corrected chi connectivity index (χ4v) is 4.28. The molecule has 1 amide bonds. The van der Waals surface area contributed by atoms with Gasteiger partial charge in [-0.2, -0.15) is 0 Å². The van der Waals surface area contributed by atoms with Gasteiger partial charge in [-0.15, -0.1) is 10.2 Å². The number of carbonyl (C=O) groups excluding carboxylic acids is 1. The molecule has 0 unspecified atom stereocenters. The highest BCUT2D eigenvalue weighted by molar-refractivity contribution is 7.99.